The largest absolute Gasteiger partial charge is 0.360 e. The Balaban J connectivity index is 1.59. The van der Waals surface area contributed by atoms with Gasteiger partial charge >= 0.3 is 0 Å². The first kappa shape index (κ1) is 17.6. The monoisotopic (exact) mass is 383 g/mol. The smallest absolute Gasteiger partial charge is 0.267 e. The highest BCUT2D eigenvalue weighted by Crippen LogP contribution is 2.34. The minimum absolute atomic E-state index is 0.0940. The van der Waals surface area contributed by atoms with Gasteiger partial charge in [0.05, 0.1) is 0 Å². The van der Waals surface area contributed by atoms with Crippen LogP contribution in [0.5, 0.6) is 0 Å². The van der Waals surface area contributed by atoms with E-state index in [9.17, 15) is 8.42 Å². The molecule has 0 unspecified atom stereocenters. The van der Waals surface area contributed by atoms with Gasteiger partial charge in [0, 0.05) is 23.6 Å². The molecule has 6 nitrogen and oxygen atoms in total. The van der Waals surface area contributed by atoms with Crippen molar-refractivity contribution in [3.05, 3.63) is 65.5 Å². The predicted octanol–water partition coefficient (Wildman–Crippen LogP) is 4.18. The molecular formula is C20H21N3O3S. The Labute approximate surface area is 158 Å². The van der Waals surface area contributed by atoms with Gasteiger partial charge in [-0.25, -0.2) is 8.42 Å². The van der Waals surface area contributed by atoms with E-state index in [0.717, 1.165) is 25.1 Å². The molecule has 0 spiro atoms. The first-order valence-corrected chi connectivity index (χ1v) is 10.4. The fourth-order valence-corrected chi connectivity index (χ4v) is 4.97. The number of fused-ring (bicyclic) bond motifs is 1. The molecule has 0 saturated carbocycles. The minimum Gasteiger partial charge on any atom is -0.360 e. The Morgan fingerprint density at radius 1 is 1.07 bits per heavy atom. The maximum absolute atomic E-state index is 12.6. The zero-order valence-electron chi connectivity index (χ0n) is 15.3. The van der Waals surface area contributed by atoms with E-state index >= 15 is 0 Å². The summed E-state index contributed by atoms with van der Waals surface area (Å²) in [5, 5.41) is 3.72. The SMILES string of the molecule is Cc1noc(C)c1S(=O)(=O)Nc1ccc(N2CCCc3ccccc32)cc1. The highest BCUT2D eigenvalue weighted by atomic mass is 32.2. The fourth-order valence-electron chi connectivity index (χ4n) is 3.58. The van der Waals surface area contributed by atoms with Crippen molar-refractivity contribution in [3.63, 3.8) is 0 Å². The molecule has 0 saturated heterocycles. The summed E-state index contributed by atoms with van der Waals surface area (Å²) in [4.78, 5) is 2.36. The van der Waals surface area contributed by atoms with E-state index in [1.54, 1.807) is 26.0 Å². The van der Waals surface area contributed by atoms with Crippen LogP contribution in [-0.4, -0.2) is 20.1 Å². The van der Waals surface area contributed by atoms with Crippen molar-refractivity contribution in [2.24, 2.45) is 0 Å². The van der Waals surface area contributed by atoms with Crippen LogP contribution in [-0.2, 0) is 16.4 Å². The van der Waals surface area contributed by atoms with Crippen molar-refractivity contribution < 1.29 is 12.9 Å². The highest BCUT2D eigenvalue weighted by Gasteiger charge is 2.24. The molecule has 7 heteroatoms. The summed E-state index contributed by atoms with van der Waals surface area (Å²) < 4.78 is 32.8. The molecule has 1 aliphatic rings. The molecule has 0 radical (unpaired) electrons. The number of benzene rings is 2. The van der Waals surface area contributed by atoms with Gasteiger partial charge in [0.25, 0.3) is 10.0 Å². The van der Waals surface area contributed by atoms with Gasteiger partial charge in [-0.3, -0.25) is 4.72 Å². The summed E-state index contributed by atoms with van der Waals surface area (Å²) >= 11 is 0. The summed E-state index contributed by atoms with van der Waals surface area (Å²) in [7, 11) is -3.74. The second kappa shape index (κ2) is 6.74. The van der Waals surface area contributed by atoms with E-state index in [2.05, 4.69) is 33.0 Å². The standard InChI is InChI=1S/C20H21N3O3S/c1-14-20(15(2)26-21-14)27(24,25)22-17-9-11-18(12-10-17)23-13-5-7-16-6-3-4-8-19(16)23/h3-4,6,8-12,22H,5,7,13H2,1-2H3. The highest BCUT2D eigenvalue weighted by molar-refractivity contribution is 7.92. The van der Waals surface area contributed by atoms with Gasteiger partial charge in [-0.2, -0.15) is 0 Å². The molecule has 0 atom stereocenters. The normalized spacial score (nSPS) is 14.1. The van der Waals surface area contributed by atoms with E-state index < -0.39 is 10.0 Å². The lowest BCUT2D eigenvalue weighted by molar-refractivity contribution is 0.390. The Hall–Kier alpha value is -2.80. The summed E-state index contributed by atoms with van der Waals surface area (Å²) in [6, 6.07) is 15.8. The zero-order valence-corrected chi connectivity index (χ0v) is 16.1. The third kappa shape index (κ3) is 3.30. The van der Waals surface area contributed by atoms with Crippen LogP contribution < -0.4 is 9.62 Å². The quantitative estimate of drug-likeness (QED) is 0.732. The van der Waals surface area contributed by atoms with E-state index in [1.165, 1.54) is 11.3 Å². The first-order valence-electron chi connectivity index (χ1n) is 8.87. The molecular weight excluding hydrogens is 362 g/mol. The molecule has 140 valence electrons. The Morgan fingerprint density at radius 2 is 1.81 bits per heavy atom. The van der Waals surface area contributed by atoms with Crippen molar-refractivity contribution in [1.29, 1.82) is 0 Å². The number of aromatic nitrogens is 1. The van der Waals surface area contributed by atoms with Gasteiger partial charge in [-0.05, 0) is 62.6 Å². The lowest BCUT2D eigenvalue weighted by Crippen LogP contribution is -2.24. The van der Waals surface area contributed by atoms with Gasteiger partial charge in [0.1, 0.15) is 5.69 Å². The van der Waals surface area contributed by atoms with Crippen LogP contribution in [0.2, 0.25) is 0 Å². The average molecular weight is 383 g/mol. The molecule has 2 heterocycles. The van der Waals surface area contributed by atoms with Gasteiger partial charge < -0.3 is 9.42 Å². The number of sulfonamides is 1. The van der Waals surface area contributed by atoms with Gasteiger partial charge in [0.15, 0.2) is 10.7 Å². The molecule has 27 heavy (non-hydrogen) atoms. The lowest BCUT2D eigenvalue weighted by atomic mass is 10.0. The van der Waals surface area contributed by atoms with Gasteiger partial charge in [-0.15, -0.1) is 0 Å². The predicted molar refractivity (Wildman–Crippen MR) is 105 cm³/mol. The maximum Gasteiger partial charge on any atom is 0.267 e. The second-order valence-electron chi connectivity index (χ2n) is 6.69. The number of nitrogens with zero attached hydrogens (tertiary/aromatic N) is 2. The number of nitrogens with one attached hydrogen (secondary N) is 1. The number of para-hydroxylation sites is 1. The topological polar surface area (TPSA) is 75.4 Å². The van der Waals surface area contributed by atoms with E-state index in [0.29, 0.717) is 11.4 Å². The Bertz CT molecular complexity index is 1050. The second-order valence-corrected chi connectivity index (χ2v) is 8.31. The van der Waals surface area contributed by atoms with Crippen LogP contribution >= 0.6 is 0 Å². The van der Waals surface area contributed by atoms with Crippen LogP contribution in [0.1, 0.15) is 23.4 Å². The Kier molecular flexibility index (Phi) is 4.39. The molecule has 0 bridgehead atoms. The van der Waals surface area contributed by atoms with Crippen molar-refractivity contribution in [2.45, 2.75) is 31.6 Å². The Morgan fingerprint density at radius 3 is 2.52 bits per heavy atom. The van der Waals surface area contributed by atoms with E-state index in [-0.39, 0.29) is 10.7 Å². The third-order valence-electron chi connectivity index (χ3n) is 4.78. The van der Waals surface area contributed by atoms with Gasteiger partial charge in [-0.1, -0.05) is 23.4 Å². The number of hydrogen-bond acceptors (Lipinski definition) is 5. The van der Waals surface area contributed by atoms with Gasteiger partial charge in [0.2, 0.25) is 0 Å². The summed E-state index contributed by atoms with van der Waals surface area (Å²) in [5.41, 5.74) is 4.45. The summed E-state index contributed by atoms with van der Waals surface area (Å²) in [5.74, 6) is 0.279. The van der Waals surface area contributed by atoms with Crippen LogP contribution in [0.25, 0.3) is 0 Å². The summed E-state index contributed by atoms with van der Waals surface area (Å²) in [6.07, 6.45) is 2.18. The van der Waals surface area contributed by atoms with Crippen molar-refractivity contribution in [1.82, 2.24) is 5.16 Å². The molecule has 0 amide bonds. The summed E-state index contributed by atoms with van der Waals surface area (Å²) in [6.45, 7) is 4.15. The molecule has 1 N–H and O–H groups in total. The number of rotatable bonds is 4. The zero-order chi connectivity index (χ0) is 19.0. The first-order chi connectivity index (χ1) is 13.0. The molecule has 2 aromatic carbocycles. The fraction of sp³-hybridized carbons (Fsp3) is 0.250. The molecule has 4 rings (SSSR count). The number of anilines is 3. The number of aryl methyl sites for hydroxylation is 3. The van der Waals surface area contributed by atoms with Crippen LogP contribution in [0, 0.1) is 13.8 Å². The molecule has 1 aromatic heterocycles. The molecule has 1 aliphatic heterocycles. The molecule has 3 aromatic rings. The molecule has 0 fully saturated rings. The van der Waals surface area contributed by atoms with Crippen molar-refractivity contribution in [2.75, 3.05) is 16.2 Å². The number of hydrogen-bond donors (Lipinski definition) is 1. The van der Waals surface area contributed by atoms with E-state index in [4.69, 9.17) is 4.52 Å². The molecule has 0 aliphatic carbocycles. The van der Waals surface area contributed by atoms with Crippen molar-refractivity contribution >= 4 is 27.1 Å². The minimum atomic E-state index is -3.74. The van der Waals surface area contributed by atoms with E-state index in [1.807, 2.05) is 18.2 Å². The van der Waals surface area contributed by atoms with Crippen molar-refractivity contribution in [3.8, 4) is 0 Å². The van der Waals surface area contributed by atoms with Crippen LogP contribution in [0.15, 0.2) is 57.9 Å². The maximum atomic E-state index is 12.6. The van der Waals surface area contributed by atoms with Crippen LogP contribution in [0.4, 0.5) is 17.1 Å². The van der Waals surface area contributed by atoms with Crippen LogP contribution in [0.3, 0.4) is 0 Å². The average Bonchev–Trinajstić information content (AvgIpc) is 3.01. The lowest BCUT2D eigenvalue weighted by Gasteiger charge is -2.31. The third-order valence-corrected chi connectivity index (χ3v) is 6.40.